The molecule has 0 radical (unpaired) electrons. The molecule has 2 aromatic carbocycles. The van der Waals surface area contributed by atoms with Gasteiger partial charge in [-0.25, -0.2) is 0 Å². The first-order chi connectivity index (χ1) is 15.1. The molecule has 166 valence electrons. The largest absolute Gasteiger partial charge is 0.341 e. The minimum Gasteiger partial charge on any atom is -0.341 e. The van der Waals surface area contributed by atoms with Crippen molar-refractivity contribution >= 4 is 35.2 Å². The van der Waals surface area contributed by atoms with Crippen molar-refractivity contribution in [1.82, 2.24) is 10.2 Å². The summed E-state index contributed by atoms with van der Waals surface area (Å²) in [6.07, 6.45) is 6.91. The lowest BCUT2D eigenvalue weighted by atomic mass is 9.90. The number of hydrogen-bond acceptors (Lipinski definition) is 3. The smallest absolute Gasteiger partial charge is 0.253 e. The van der Waals surface area contributed by atoms with E-state index in [1.807, 2.05) is 17.2 Å². The molecule has 0 bridgehead atoms. The molecule has 1 fully saturated rings. The first kappa shape index (κ1) is 23.7. The van der Waals surface area contributed by atoms with Gasteiger partial charge in [-0.2, -0.15) is 11.8 Å². The van der Waals surface area contributed by atoms with Gasteiger partial charge in [-0.3, -0.25) is 9.59 Å². The summed E-state index contributed by atoms with van der Waals surface area (Å²) in [5, 5.41) is 3.33. The minimum absolute atomic E-state index is 0.0240. The van der Waals surface area contributed by atoms with Crippen LogP contribution in [0, 0.1) is 5.92 Å². The summed E-state index contributed by atoms with van der Waals surface area (Å²) in [4.78, 5) is 27.9. The summed E-state index contributed by atoms with van der Waals surface area (Å²) in [7, 11) is 0. The highest BCUT2D eigenvalue weighted by Gasteiger charge is 2.29. The normalized spacial score (nSPS) is 15.5. The zero-order chi connectivity index (χ0) is 22.1. The van der Waals surface area contributed by atoms with Crippen molar-refractivity contribution in [3.05, 3.63) is 70.7 Å². The van der Waals surface area contributed by atoms with E-state index < -0.39 is 6.04 Å². The first-order valence-electron chi connectivity index (χ1n) is 11.0. The molecule has 1 saturated heterocycles. The summed E-state index contributed by atoms with van der Waals surface area (Å²) in [5.74, 6) is 1.19. The molecule has 1 N–H and O–H groups in total. The van der Waals surface area contributed by atoms with Crippen LogP contribution in [0.2, 0.25) is 5.02 Å². The third-order valence-corrected chi connectivity index (χ3v) is 6.92. The Labute approximate surface area is 194 Å². The van der Waals surface area contributed by atoms with E-state index in [1.54, 1.807) is 36.0 Å². The summed E-state index contributed by atoms with van der Waals surface area (Å²) in [6, 6.07) is 17.0. The number of piperidine rings is 1. The lowest BCUT2D eigenvalue weighted by molar-refractivity contribution is -0.134. The summed E-state index contributed by atoms with van der Waals surface area (Å²) >= 11 is 7.84. The topological polar surface area (TPSA) is 49.4 Å². The summed E-state index contributed by atoms with van der Waals surface area (Å²) in [5.41, 5.74) is 1.78. The summed E-state index contributed by atoms with van der Waals surface area (Å²) < 4.78 is 0. The Kier molecular flexibility index (Phi) is 9.29. The van der Waals surface area contributed by atoms with Gasteiger partial charge in [0.1, 0.15) is 6.04 Å². The Bertz CT molecular complexity index is 854. The zero-order valence-corrected chi connectivity index (χ0v) is 19.6. The maximum Gasteiger partial charge on any atom is 0.253 e. The lowest BCUT2D eigenvalue weighted by Crippen LogP contribution is -2.51. The number of aryl methyl sites for hydroxylation is 1. The molecule has 1 aliphatic rings. The van der Waals surface area contributed by atoms with Gasteiger partial charge in [-0.1, -0.05) is 54.1 Å². The molecule has 2 amide bonds. The zero-order valence-electron chi connectivity index (χ0n) is 18.1. The molecule has 0 aliphatic carbocycles. The molecule has 0 spiro atoms. The minimum atomic E-state index is -0.517. The Hall–Kier alpha value is -1.98. The van der Waals surface area contributed by atoms with Gasteiger partial charge in [0.2, 0.25) is 5.91 Å². The van der Waals surface area contributed by atoms with Crippen molar-refractivity contribution < 1.29 is 9.59 Å². The number of hydrogen-bond donors (Lipinski definition) is 1. The fourth-order valence-corrected chi connectivity index (χ4v) is 4.75. The second kappa shape index (κ2) is 12.2. The van der Waals surface area contributed by atoms with Crippen LogP contribution in [0.25, 0.3) is 0 Å². The van der Waals surface area contributed by atoms with E-state index >= 15 is 0 Å². The van der Waals surface area contributed by atoms with Gasteiger partial charge >= 0.3 is 0 Å². The molecular weight excluding hydrogens is 428 g/mol. The average Bonchev–Trinajstić information content (AvgIpc) is 2.81. The number of nitrogens with one attached hydrogen (secondary N) is 1. The molecule has 4 nitrogen and oxygen atoms in total. The third-order valence-electron chi connectivity index (χ3n) is 5.94. The number of thioether (sulfide) groups is 1. The van der Waals surface area contributed by atoms with Crippen LogP contribution in [-0.2, 0) is 11.2 Å². The quantitative estimate of drug-likeness (QED) is 0.571. The molecule has 1 atom stereocenters. The van der Waals surface area contributed by atoms with Crippen LogP contribution in [0.5, 0.6) is 0 Å². The van der Waals surface area contributed by atoms with Crippen molar-refractivity contribution in [3.8, 4) is 0 Å². The molecule has 6 heteroatoms. The van der Waals surface area contributed by atoms with Crippen LogP contribution in [0.1, 0.15) is 41.6 Å². The van der Waals surface area contributed by atoms with Crippen LogP contribution < -0.4 is 5.32 Å². The number of rotatable bonds is 9. The predicted molar refractivity (Wildman–Crippen MR) is 130 cm³/mol. The molecule has 1 unspecified atom stereocenters. The second-order valence-corrected chi connectivity index (χ2v) is 9.47. The Morgan fingerprint density at radius 2 is 1.77 bits per heavy atom. The van der Waals surface area contributed by atoms with Gasteiger partial charge in [0.05, 0.1) is 10.6 Å². The van der Waals surface area contributed by atoms with Crippen molar-refractivity contribution in [1.29, 1.82) is 0 Å². The van der Waals surface area contributed by atoms with E-state index in [9.17, 15) is 9.59 Å². The van der Waals surface area contributed by atoms with E-state index in [2.05, 4.69) is 29.6 Å². The maximum atomic E-state index is 13.2. The number of likely N-dealkylation sites (tertiary alicyclic amines) is 1. The third kappa shape index (κ3) is 7.01. The molecule has 0 saturated carbocycles. The maximum absolute atomic E-state index is 13.2. The number of carbonyl (C=O) groups is 2. The van der Waals surface area contributed by atoms with Gasteiger partial charge in [0.15, 0.2) is 0 Å². The molecular formula is C25H31ClN2O2S. The highest BCUT2D eigenvalue weighted by atomic mass is 35.5. The molecule has 0 aromatic heterocycles. The fraction of sp³-hybridized carbons (Fsp3) is 0.440. The van der Waals surface area contributed by atoms with Crippen molar-refractivity contribution in [2.75, 3.05) is 25.1 Å². The molecule has 1 aliphatic heterocycles. The number of benzene rings is 2. The van der Waals surface area contributed by atoms with E-state index in [0.717, 1.165) is 44.5 Å². The number of amides is 2. The van der Waals surface area contributed by atoms with Crippen LogP contribution >= 0.6 is 23.4 Å². The SMILES string of the molecule is CSCCC(NC(=O)c1ccccc1Cl)C(=O)N1CCC(CCc2ccccc2)CC1. The molecule has 1 heterocycles. The van der Waals surface area contributed by atoms with Gasteiger partial charge in [0, 0.05) is 13.1 Å². The van der Waals surface area contributed by atoms with Crippen LogP contribution in [-0.4, -0.2) is 47.9 Å². The molecule has 2 aromatic rings. The average molecular weight is 459 g/mol. The van der Waals surface area contributed by atoms with Crippen molar-refractivity contribution in [2.45, 2.75) is 38.1 Å². The van der Waals surface area contributed by atoms with E-state index in [-0.39, 0.29) is 11.8 Å². The summed E-state index contributed by atoms with van der Waals surface area (Å²) in [6.45, 7) is 1.52. The van der Waals surface area contributed by atoms with Crippen LogP contribution in [0.3, 0.4) is 0 Å². The van der Waals surface area contributed by atoms with Crippen molar-refractivity contribution in [3.63, 3.8) is 0 Å². The van der Waals surface area contributed by atoms with Crippen LogP contribution in [0.4, 0.5) is 0 Å². The Morgan fingerprint density at radius 1 is 1.10 bits per heavy atom. The van der Waals surface area contributed by atoms with Crippen molar-refractivity contribution in [2.24, 2.45) is 5.92 Å². The van der Waals surface area contributed by atoms with E-state index in [0.29, 0.717) is 22.9 Å². The predicted octanol–water partition coefficient (Wildman–Crippen LogP) is 5.06. The van der Waals surface area contributed by atoms with Crippen LogP contribution in [0.15, 0.2) is 54.6 Å². The highest BCUT2D eigenvalue weighted by molar-refractivity contribution is 7.98. The highest BCUT2D eigenvalue weighted by Crippen LogP contribution is 2.23. The lowest BCUT2D eigenvalue weighted by Gasteiger charge is -2.34. The van der Waals surface area contributed by atoms with Gasteiger partial charge in [0.25, 0.3) is 5.91 Å². The van der Waals surface area contributed by atoms with Gasteiger partial charge in [-0.15, -0.1) is 0 Å². The fourth-order valence-electron chi connectivity index (χ4n) is 4.05. The number of halogens is 1. The Morgan fingerprint density at radius 3 is 2.45 bits per heavy atom. The first-order valence-corrected chi connectivity index (χ1v) is 12.7. The standard InChI is InChI=1S/C25H31ClN2O2S/c1-31-18-15-23(27-24(29)21-9-5-6-10-22(21)26)25(30)28-16-13-20(14-17-28)12-11-19-7-3-2-4-8-19/h2-10,20,23H,11-18H2,1H3,(H,27,29). The second-order valence-electron chi connectivity index (χ2n) is 8.08. The monoisotopic (exact) mass is 458 g/mol. The number of nitrogens with zero attached hydrogens (tertiary/aromatic N) is 1. The van der Waals surface area contributed by atoms with E-state index in [1.165, 1.54) is 5.56 Å². The molecule has 31 heavy (non-hydrogen) atoms. The van der Waals surface area contributed by atoms with Gasteiger partial charge < -0.3 is 10.2 Å². The number of carbonyl (C=O) groups excluding carboxylic acids is 2. The Balaban J connectivity index is 1.54. The van der Waals surface area contributed by atoms with Gasteiger partial charge in [-0.05, 0) is 67.7 Å². The van der Waals surface area contributed by atoms with E-state index in [4.69, 9.17) is 11.6 Å². The molecule has 3 rings (SSSR count).